The van der Waals surface area contributed by atoms with Crippen LogP contribution in [0.5, 0.6) is 0 Å². The van der Waals surface area contributed by atoms with Crippen molar-refractivity contribution in [3.8, 4) is 11.3 Å². The van der Waals surface area contributed by atoms with E-state index in [1.807, 2.05) is 30.3 Å². The summed E-state index contributed by atoms with van der Waals surface area (Å²) in [4.78, 5) is 16.7. The Balaban J connectivity index is 1.79. The zero-order valence-corrected chi connectivity index (χ0v) is 13.0. The first-order valence-corrected chi connectivity index (χ1v) is 7.58. The second-order valence-electron chi connectivity index (χ2n) is 5.43. The Labute approximate surface area is 136 Å². The van der Waals surface area contributed by atoms with E-state index >= 15 is 0 Å². The van der Waals surface area contributed by atoms with Crippen LogP contribution in [-0.4, -0.2) is 10.9 Å². The molecule has 1 N–H and O–H groups in total. The van der Waals surface area contributed by atoms with Gasteiger partial charge in [0.1, 0.15) is 0 Å². The van der Waals surface area contributed by atoms with Crippen LogP contribution >= 0.6 is 0 Å². The predicted octanol–water partition coefficient (Wildman–Crippen LogP) is 3.99. The molecule has 2 aromatic carbocycles. The van der Waals surface area contributed by atoms with Gasteiger partial charge in [-0.25, -0.2) is 0 Å². The van der Waals surface area contributed by atoms with Crippen molar-refractivity contribution < 1.29 is 4.79 Å². The Bertz CT molecular complexity index is 795. The molecule has 3 heteroatoms. The molecule has 114 valence electrons. The third kappa shape index (κ3) is 3.64. The van der Waals surface area contributed by atoms with Crippen molar-refractivity contribution in [2.24, 2.45) is 0 Å². The monoisotopic (exact) mass is 302 g/mol. The van der Waals surface area contributed by atoms with E-state index in [2.05, 4.69) is 41.5 Å². The average Bonchev–Trinajstić information content (AvgIpc) is 2.61. The van der Waals surface area contributed by atoms with Gasteiger partial charge in [-0.1, -0.05) is 54.1 Å². The van der Waals surface area contributed by atoms with Crippen molar-refractivity contribution in [3.63, 3.8) is 0 Å². The molecule has 3 aromatic rings. The van der Waals surface area contributed by atoms with Gasteiger partial charge in [-0.15, -0.1) is 0 Å². The first kappa shape index (κ1) is 15.0. The van der Waals surface area contributed by atoms with Crippen LogP contribution < -0.4 is 5.32 Å². The third-order valence-electron chi connectivity index (χ3n) is 3.69. The van der Waals surface area contributed by atoms with E-state index in [-0.39, 0.29) is 5.91 Å². The van der Waals surface area contributed by atoms with Crippen molar-refractivity contribution in [2.75, 3.05) is 0 Å². The number of carbonyl (C=O) groups is 1. The Morgan fingerprint density at radius 1 is 0.957 bits per heavy atom. The summed E-state index contributed by atoms with van der Waals surface area (Å²) in [6.45, 7) is 2.51. The normalized spacial score (nSPS) is 10.3. The molecule has 0 spiro atoms. The minimum absolute atomic E-state index is 0.0793. The van der Waals surface area contributed by atoms with Crippen molar-refractivity contribution in [3.05, 3.63) is 89.6 Å². The van der Waals surface area contributed by atoms with Crippen LogP contribution in [0.25, 0.3) is 11.3 Å². The SMILES string of the molecule is Cc1ccc(-c2ncccc2CNC(=O)c2ccccc2)cc1. The number of hydrogen-bond donors (Lipinski definition) is 1. The third-order valence-corrected chi connectivity index (χ3v) is 3.69. The van der Waals surface area contributed by atoms with E-state index in [0.717, 1.165) is 16.8 Å². The summed E-state index contributed by atoms with van der Waals surface area (Å²) in [6, 6.07) is 21.3. The number of carbonyl (C=O) groups excluding carboxylic acids is 1. The van der Waals surface area contributed by atoms with Gasteiger partial charge >= 0.3 is 0 Å². The molecule has 0 atom stereocenters. The molecule has 23 heavy (non-hydrogen) atoms. The first-order valence-electron chi connectivity index (χ1n) is 7.58. The van der Waals surface area contributed by atoms with Gasteiger partial charge in [-0.2, -0.15) is 0 Å². The zero-order valence-electron chi connectivity index (χ0n) is 13.0. The van der Waals surface area contributed by atoms with Gasteiger partial charge in [-0.3, -0.25) is 9.78 Å². The standard InChI is InChI=1S/C20H18N2O/c1-15-9-11-16(12-10-15)19-18(8-5-13-21-19)14-22-20(23)17-6-3-2-4-7-17/h2-13H,14H2,1H3,(H,22,23). The topological polar surface area (TPSA) is 42.0 Å². The second-order valence-corrected chi connectivity index (χ2v) is 5.43. The molecule has 0 fully saturated rings. The van der Waals surface area contributed by atoms with Gasteiger partial charge in [-0.05, 0) is 30.7 Å². The maximum absolute atomic E-state index is 12.2. The van der Waals surface area contributed by atoms with E-state index in [0.29, 0.717) is 12.1 Å². The van der Waals surface area contributed by atoms with Gasteiger partial charge < -0.3 is 5.32 Å². The molecule has 0 saturated carbocycles. The molecular weight excluding hydrogens is 284 g/mol. The number of hydrogen-bond acceptors (Lipinski definition) is 2. The molecule has 0 aliphatic heterocycles. The zero-order chi connectivity index (χ0) is 16.1. The summed E-state index contributed by atoms with van der Waals surface area (Å²) >= 11 is 0. The maximum atomic E-state index is 12.2. The Morgan fingerprint density at radius 3 is 2.43 bits per heavy atom. The molecule has 3 rings (SSSR count). The number of aromatic nitrogens is 1. The molecular formula is C20H18N2O. The van der Waals surface area contributed by atoms with Gasteiger partial charge in [0.25, 0.3) is 5.91 Å². The first-order chi connectivity index (χ1) is 11.2. The Hall–Kier alpha value is -2.94. The number of rotatable bonds is 4. The fraction of sp³-hybridized carbons (Fsp3) is 0.100. The minimum Gasteiger partial charge on any atom is -0.348 e. The van der Waals surface area contributed by atoms with Gasteiger partial charge in [0.15, 0.2) is 0 Å². The van der Waals surface area contributed by atoms with E-state index < -0.39 is 0 Å². The highest BCUT2D eigenvalue weighted by molar-refractivity contribution is 5.94. The second kappa shape index (κ2) is 6.88. The van der Waals surface area contributed by atoms with E-state index in [4.69, 9.17) is 0 Å². The minimum atomic E-state index is -0.0793. The van der Waals surface area contributed by atoms with Crippen LogP contribution in [-0.2, 0) is 6.54 Å². The average molecular weight is 302 g/mol. The molecule has 0 saturated heterocycles. The molecule has 3 nitrogen and oxygen atoms in total. The van der Waals surface area contributed by atoms with Crippen LogP contribution in [0.15, 0.2) is 72.9 Å². The molecule has 1 amide bonds. The van der Waals surface area contributed by atoms with E-state index in [1.165, 1.54) is 5.56 Å². The molecule has 0 aliphatic carbocycles. The highest BCUT2D eigenvalue weighted by Crippen LogP contribution is 2.21. The lowest BCUT2D eigenvalue weighted by molar-refractivity contribution is 0.0951. The maximum Gasteiger partial charge on any atom is 0.251 e. The number of amides is 1. The summed E-state index contributed by atoms with van der Waals surface area (Å²) in [6.07, 6.45) is 1.78. The quantitative estimate of drug-likeness (QED) is 0.792. The molecule has 0 unspecified atom stereocenters. The van der Waals surface area contributed by atoms with Crippen molar-refractivity contribution in [2.45, 2.75) is 13.5 Å². The molecule has 1 aromatic heterocycles. The highest BCUT2D eigenvalue weighted by atomic mass is 16.1. The van der Waals surface area contributed by atoms with Crippen LogP contribution in [0.4, 0.5) is 0 Å². The van der Waals surface area contributed by atoms with Crippen molar-refractivity contribution >= 4 is 5.91 Å². The van der Waals surface area contributed by atoms with Crippen molar-refractivity contribution in [1.29, 1.82) is 0 Å². The van der Waals surface area contributed by atoms with Gasteiger partial charge in [0.05, 0.1) is 5.69 Å². The van der Waals surface area contributed by atoms with E-state index in [9.17, 15) is 4.79 Å². The number of nitrogens with zero attached hydrogens (tertiary/aromatic N) is 1. The lowest BCUT2D eigenvalue weighted by Crippen LogP contribution is -2.23. The van der Waals surface area contributed by atoms with E-state index in [1.54, 1.807) is 18.3 Å². The van der Waals surface area contributed by atoms with Gasteiger partial charge in [0, 0.05) is 23.9 Å². The Kier molecular flexibility index (Phi) is 4.48. The molecule has 1 heterocycles. The summed E-state index contributed by atoms with van der Waals surface area (Å²) in [5.41, 5.74) is 4.83. The lowest BCUT2D eigenvalue weighted by atomic mass is 10.0. The van der Waals surface area contributed by atoms with Crippen LogP contribution in [0.3, 0.4) is 0 Å². The summed E-state index contributed by atoms with van der Waals surface area (Å²) in [5, 5.41) is 2.96. The molecule has 0 bridgehead atoms. The number of benzene rings is 2. The molecule has 0 radical (unpaired) electrons. The largest absolute Gasteiger partial charge is 0.348 e. The van der Waals surface area contributed by atoms with Crippen LogP contribution in [0.1, 0.15) is 21.5 Å². The van der Waals surface area contributed by atoms with Crippen LogP contribution in [0.2, 0.25) is 0 Å². The summed E-state index contributed by atoms with van der Waals surface area (Å²) in [5.74, 6) is -0.0793. The number of pyridine rings is 1. The predicted molar refractivity (Wildman–Crippen MR) is 92.0 cm³/mol. The molecule has 0 aliphatic rings. The number of nitrogens with one attached hydrogen (secondary N) is 1. The smallest absolute Gasteiger partial charge is 0.251 e. The Morgan fingerprint density at radius 2 is 1.70 bits per heavy atom. The summed E-state index contributed by atoms with van der Waals surface area (Å²) < 4.78 is 0. The summed E-state index contributed by atoms with van der Waals surface area (Å²) in [7, 11) is 0. The number of aryl methyl sites for hydroxylation is 1. The van der Waals surface area contributed by atoms with Crippen molar-refractivity contribution in [1.82, 2.24) is 10.3 Å². The fourth-order valence-electron chi connectivity index (χ4n) is 2.42. The fourth-order valence-corrected chi connectivity index (χ4v) is 2.42. The van der Waals surface area contributed by atoms with Gasteiger partial charge in [0.2, 0.25) is 0 Å². The lowest BCUT2D eigenvalue weighted by Gasteiger charge is -2.10. The highest BCUT2D eigenvalue weighted by Gasteiger charge is 2.09. The van der Waals surface area contributed by atoms with Crippen LogP contribution in [0, 0.1) is 6.92 Å².